The van der Waals surface area contributed by atoms with Gasteiger partial charge in [-0.1, -0.05) is 52.7 Å². The number of phenols is 1. The van der Waals surface area contributed by atoms with Crippen LogP contribution in [-0.2, 0) is 5.60 Å². The van der Waals surface area contributed by atoms with E-state index in [1.54, 1.807) is 24.3 Å². The molecule has 0 bridgehead atoms. The molecule has 0 saturated carbocycles. The van der Waals surface area contributed by atoms with Crippen molar-refractivity contribution in [3.63, 3.8) is 0 Å². The standard InChI is InChI=1S/C13H20O2.C2H6/c1-3-9-13(15,10-4-2)11-5-7-12(14)8-6-11;1-2/h5-8,14-15H,3-4,9-10H2,1-2H3;1-2H3. The first-order valence-corrected chi connectivity index (χ1v) is 6.64. The molecule has 1 rings (SSSR count). The summed E-state index contributed by atoms with van der Waals surface area (Å²) in [4.78, 5) is 0. The summed E-state index contributed by atoms with van der Waals surface area (Å²) in [6, 6.07) is 6.87. The van der Waals surface area contributed by atoms with E-state index in [-0.39, 0.29) is 5.75 Å². The third-order valence-electron chi connectivity index (χ3n) is 2.73. The fourth-order valence-electron chi connectivity index (χ4n) is 2.01. The lowest BCUT2D eigenvalue weighted by Gasteiger charge is -2.28. The molecule has 1 aromatic rings. The van der Waals surface area contributed by atoms with Crippen molar-refractivity contribution < 1.29 is 10.2 Å². The molecular formula is C15H26O2. The Hall–Kier alpha value is -1.02. The SMILES string of the molecule is CC.CCCC(O)(CCC)c1ccc(O)cc1. The highest BCUT2D eigenvalue weighted by atomic mass is 16.3. The molecule has 1 aromatic carbocycles. The Morgan fingerprint density at radius 1 is 0.941 bits per heavy atom. The molecule has 0 aromatic heterocycles. The predicted octanol–water partition coefficient (Wildman–Crippen LogP) is 4.21. The molecule has 0 fully saturated rings. The number of rotatable bonds is 5. The minimum absolute atomic E-state index is 0.245. The minimum atomic E-state index is -0.725. The lowest BCUT2D eigenvalue weighted by atomic mass is 9.85. The number of hydrogen-bond acceptors (Lipinski definition) is 2. The highest BCUT2D eigenvalue weighted by Crippen LogP contribution is 2.32. The van der Waals surface area contributed by atoms with E-state index in [4.69, 9.17) is 0 Å². The summed E-state index contributed by atoms with van der Waals surface area (Å²) in [5.74, 6) is 0.245. The highest BCUT2D eigenvalue weighted by Gasteiger charge is 2.26. The van der Waals surface area contributed by atoms with E-state index >= 15 is 0 Å². The Morgan fingerprint density at radius 3 is 1.71 bits per heavy atom. The summed E-state index contributed by atoms with van der Waals surface area (Å²) in [6.07, 6.45) is 3.45. The summed E-state index contributed by atoms with van der Waals surface area (Å²) in [5, 5.41) is 19.7. The first-order chi connectivity index (χ1) is 8.12. The Morgan fingerprint density at radius 2 is 1.35 bits per heavy atom. The van der Waals surface area contributed by atoms with Gasteiger partial charge in [0.15, 0.2) is 0 Å². The second kappa shape index (κ2) is 8.13. The maximum absolute atomic E-state index is 10.5. The topological polar surface area (TPSA) is 40.5 Å². The van der Waals surface area contributed by atoms with Gasteiger partial charge in [-0.3, -0.25) is 0 Å². The second-order valence-corrected chi connectivity index (χ2v) is 4.08. The average molecular weight is 238 g/mol. The molecule has 0 aliphatic heterocycles. The van der Waals surface area contributed by atoms with Crippen molar-refractivity contribution in [3.05, 3.63) is 29.8 Å². The van der Waals surface area contributed by atoms with E-state index in [1.807, 2.05) is 13.8 Å². The molecular weight excluding hydrogens is 212 g/mol. The molecule has 0 atom stereocenters. The van der Waals surface area contributed by atoms with Crippen LogP contribution in [0.5, 0.6) is 5.75 Å². The van der Waals surface area contributed by atoms with E-state index in [0.29, 0.717) is 0 Å². The molecule has 17 heavy (non-hydrogen) atoms. The zero-order valence-corrected chi connectivity index (χ0v) is 11.5. The number of hydrogen-bond donors (Lipinski definition) is 2. The van der Waals surface area contributed by atoms with Crippen molar-refractivity contribution in [2.45, 2.75) is 59.0 Å². The van der Waals surface area contributed by atoms with Crippen molar-refractivity contribution in [2.24, 2.45) is 0 Å². The fourth-order valence-corrected chi connectivity index (χ4v) is 2.01. The number of aromatic hydroxyl groups is 1. The molecule has 0 heterocycles. The number of aliphatic hydroxyl groups is 1. The fraction of sp³-hybridized carbons (Fsp3) is 0.600. The van der Waals surface area contributed by atoms with Gasteiger partial charge in [0.1, 0.15) is 5.75 Å². The number of benzene rings is 1. The molecule has 2 N–H and O–H groups in total. The van der Waals surface area contributed by atoms with Gasteiger partial charge in [0.25, 0.3) is 0 Å². The molecule has 0 amide bonds. The van der Waals surface area contributed by atoms with Gasteiger partial charge in [-0.05, 0) is 30.5 Å². The summed E-state index contributed by atoms with van der Waals surface area (Å²) in [6.45, 7) is 8.14. The monoisotopic (exact) mass is 238 g/mol. The van der Waals surface area contributed by atoms with Crippen molar-refractivity contribution in [1.29, 1.82) is 0 Å². The summed E-state index contributed by atoms with van der Waals surface area (Å²) >= 11 is 0. The van der Waals surface area contributed by atoms with Crippen LogP contribution in [0.15, 0.2) is 24.3 Å². The van der Waals surface area contributed by atoms with Gasteiger partial charge < -0.3 is 10.2 Å². The first-order valence-electron chi connectivity index (χ1n) is 6.64. The van der Waals surface area contributed by atoms with E-state index in [0.717, 1.165) is 31.2 Å². The molecule has 0 unspecified atom stereocenters. The molecule has 2 heteroatoms. The van der Waals surface area contributed by atoms with Gasteiger partial charge >= 0.3 is 0 Å². The zero-order chi connectivity index (χ0) is 13.3. The van der Waals surface area contributed by atoms with Crippen LogP contribution in [0.3, 0.4) is 0 Å². The van der Waals surface area contributed by atoms with Gasteiger partial charge in [0.05, 0.1) is 5.60 Å². The van der Waals surface area contributed by atoms with Crippen molar-refractivity contribution >= 4 is 0 Å². The number of phenolic OH excluding ortho intramolecular Hbond substituents is 1. The summed E-state index contributed by atoms with van der Waals surface area (Å²) in [5.41, 5.74) is 0.181. The van der Waals surface area contributed by atoms with Crippen LogP contribution in [0.25, 0.3) is 0 Å². The smallest absolute Gasteiger partial charge is 0.115 e. The van der Waals surface area contributed by atoms with Crippen LogP contribution in [-0.4, -0.2) is 10.2 Å². The second-order valence-electron chi connectivity index (χ2n) is 4.08. The molecule has 0 aliphatic rings. The van der Waals surface area contributed by atoms with Gasteiger partial charge in [-0.2, -0.15) is 0 Å². The maximum Gasteiger partial charge on any atom is 0.115 e. The molecule has 0 radical (unpaired) electrons. The lowest BCUT2D eigenvalue weighted by Crippen LogP contribution is -2.25. The van der Waals surface area contributed by atoms with Crippen LogP contribution >= 0.6 is 0 Å². The highest BCUT2D eigenvalue weighted by molar-refractivity contribution is 5.29. The summed E-state index contributed by atoms with van der Waals surface area (Å²) < 4.78 is 0. The third-order valence-corrected chi connectivity index (χ3v) is 2.73. The zero-order valence-electron chi connectivity index (χ0n) is 11.5. The molecule has 0 saturated heterocycles. The van der Waals surface area contributed by atoms with Crippen LogP contribution in [0.4, 0.5) is 0 Å². The van der Waals surface area contributed by atoms with Gasteiger partial charge in [0, 0.05) is 0 Å². The van der Waals surface area contributed by atoms with Gasteiger partial charge in [-0.15, -0.1) is 0 Å². The Bertz CT molecular complexity index is 284. The average Bonchev–Trinajstić information content (AvgIpc) is 2.33. The predicted molar refractivity (Wildman–Crippen MR) is 73.2 cm³/mol. The Kier molecular flexibility index (Phi) is 7.64. The first kappa shape index (κ1) is 16.0. The van der Waals surface area contributed by atoms with Crippen LogP contribution in [0.2, 0.25) is 0 Å². The lowest BCUT2D eigenvalue weighted by molar-refractivity contribution is 0.0169. The van der Waals surface area contributed by atoms with Crippen LogP contribution in [0.1, 0.15) is 58.9 Å². The molecule has 98 valence electrons. The van der Waals surface area contributed by atoms with Gasteiger partial charge in [-0.25, -0.2) is 0 Å². The van der Waals surface area contributed by atoms with Crippen molar-refractivity contribution in [1.82, 2.24) is 0 Å². The van der Waals surface area contributed by atoms with Gasteiger partial charge in [0.2, 0.25) is 0 Å². The van der Waals surface area contributed by atoms with Crippen LogP contribution in [0, 0.1) is 0 Å². The summed E-state index contributed by atoms with van der Waals surface area (Å²) in [7, 11) is 0. The Balaban J connectivity index is 0.00000121. The van der Waals surface area contributed by atoms with E-state index < -0.39 is 5.60 Å². The normalized spacial score (nSPS) is 10.6. The van der Waals surface area contributed by atoms with E-state index in [2.05, 4.69) is 13.8 Å². The largest absolute Gasteiger partial charge is 0.508 e. The Labute approximate surface area is 105 Å². The van der Waals surface area contributed by atoms with Crippen molar-refractivity contribution in [3.8, 4) is 5.75 Å². The maximum atomic E-state index is 10.5. The molecule has 0 aliphatic carbocycles. The molecule has 0 spiro atoms. The van der Waals surface area contributed by atoms with E-state index in [9.17, 15) is 10.2 Å². The minimum Gasteiger partial charge on any atom is -0.508 e. The van der Waals surface area contributed by atoms with Crippen LogP contribution < -0.4 is 0 Å². The third kappa shape index (κ3) is 4.78. The molecule has 2 nitrogen and oxygen atoms in total. The quantitative estimate of drug-likeness (QED) is 0.807. The van der Waals surface area contributed by atoms with E-state index in [1.165, 1.54) is 0 Å². The van der Waals surface area contributed by atoms with Crippen molar-refractivity contribution in [2.75, 3.05) is 0 Å².